The summed E-state index contributed by atoms with van der Waals surface area (Å²) in [7, 11) is 0. The Morgan fingerprint density at radius 1 is 1.61 bits per heavy atom. The molecule has 1 fully saturated rings. The average molecular weight is 273 g/mol. The van der Waals surface area contributed by atoms with Gasteiger partial charge in [0.05, 0.1) is 6.04 Å². The van der Waals surface area contributed by atoms with Crippen LogP contribution in [0, 0.1) is 0 Å². The normalized spacial score (nSPS) is 18.8. The van der Waals surface area contributed by atoms with E-state index < -0.39 is 6.04 Å². The first kappa shape index (κ1) is 15.3. The van der Waals surface area contributed by atoms with Crippen LogP contribution >= 0.6 is 11.8 Å². The zero-order chi connectivity index (χ0) is 13.5. The second kappa shape index (κ2) is 7.63. The quantitative estimate of drug-likeness (QED) is 0.694. The summed E-state index contributed by atoms with van der Waals surface area (Å²) in [5.41, 5.74) is 5.78. The summed E-state index contributed by atoms with van der Waals surface area (Å²) in [4.78, 5) is 25.0. The van der Waals surface area contributed by atoms with Crippen LogP contribution in [0.4, 0.5) is 0 Å². The Bertz CT molecular complexity index is 299. The van der Waals surface area contributed by atoms with Gasteiger partial charge in [-0.1, -0.05) is 0 Å². The third-order valence-electron chi connectivity index (χ3n) is 3.02. The van der Waals surface area contributed by atoms with Crippen LogP contribution in [-0.4, -0.2) is 53.9 Å². The van der Waals surface area contributed by atoms with Crippen LogP contribution < -0.4 is 11.1 Å². The number of hydrogen-bond donors (Lipinski definition) is 2. The predicted octanol–water partition coefficient (Wildman–Crippen LogP) is 0.194. The van der Waals surface area contributed by atoms with E-state index in [4.69, 9.17) is 5.73 Å². The summed E-state index contributed by atoms with van der Waals surface area (Å²) in [5.74, 6) is 0.944. The Hall–Kier alpha value is -0.750. The maximum absolute atomic E-state index is 11.8. The van der Waals surface area contributed by atoms with Gasteiger partial charge in [0.2, 0.25) is 11.8 Å². The van der Waals surface area contributed by atoms with Crippen LogP contribution in [0.2, 0.25) is 0 Å². The molecule has 6 heteroatoms. The molecule has 1 unspecified atom stereocenters. The summed E-state index contributed by atoms with van der Waals surface area (Å²) in [6.45, 7) is 3.29. The topological polar surface area (TPSA) is 75.4 Å². The number of likely N-dealkylation sites (tertiary alicyclic amines) is 1. The molecule has 2 atom stereocenters. The lowest BCUT2D eigenvalue weighted by atomic mass is 10.2. The Morgan fingerprint density at radius 3 is 2.89 bits per heavy atom. The molecule has 1 aliphatic heterocycles. The molecular formula is C12H23N3O2S. The molecule has 18 heavy (non-hydrogen) atoms. The second-order valence-corrected chi connectivity index (χ2v) is 5.73. The van der Waals surface area contributed by atoms with Crippen molar-refractivity contribution in [3.63, 3.8) is 0 Å². The van der Waals surface area contributed by atoms with Crippen molar-refractivity contribution < 1.29 is 9.59 Å². The van der Waals surface area contributed by atoms with Crippen LogP contribution in [0.3, 0.4) is 0 Å². The molecule has 1 rings (SSSR count). The SMILES string of the molecule is CSCC[C@@H](N)C(=O)NC(C)CN1CCCC1=O. The number of nitrogens with one attached hydrogen (secondary N) is 1. The number of nitrogens with zero attached hydrogens (tertiary/aromatic N) is 1. The minimum absolute atomic E-state index is 0.0418. The number of nitrogens with two attached hydrogens (primary N) is 1. The smallest absolute Gasteiger partial charge is 0.237 e. The molecule has 5 nitrogen and oxygen atoms in total. The fourth-order valence-corrected chi connectivity index (χ4v) is 2.49. The first-order valence-corrected chi connectivity index (χ1v) is 7.76. The molecule has 2 amide bonds. The van der Waals surface area contributed by atoms with Gasteiger partial charge in [-0.2, -0.15) is 11.8 Å². The van der Waals surface area contributed by atoms with Crippen molar-refractivity contribution in [2.24, 2.45) is 5.73 Å². The van der Waals surface area contributed by atoms with Crippen LogP contribution in [0.5, 0.6) is 0 Å². The van der Waals surface area contributed by atoms with E-state index >= 15 is 0 Å². The van der Waals surface area contributed by atoms with Crippen LogP contribution in [0.1, 0.15) is 26.2 Å². The minimum atomic E-state index is -0.450. The van der Waals surface area contributed by atoms with E-state index in [1.54, 1.807) is 16.7 Å². The van der Waals surface area contributed by atoms with Crippen LogP contribution in [0.15, 0.2) is 0 Å². The molecule has 104 valence electrons. The summed E-state index contributed by atoms with van der Waals surface area (Å²) in [6.07, 6.45) is 4.23. The van der Waals surface area contributed by atoms with Gasteiger partial charge in [0.25, 0.3) is 0 Å². The van der Waals surface area contributed by atoms with E-state index in [0.29, 0.717) is 19.4 Å². The highest BCUT2D eigenvalue weighted by Gasteiger charge is 2.23. The van der Waals surface area contributed by atoms with Crippen molar-refractivity contribution in [1.29, 1.82) is 0 Å². The number of thioether (sulfide) groups is 1. The lowest BCUT2D eigenvalue weighted by molar-refractivity contribution is -0.129. The molecule has 0 aromatic rings. The Labute approximate surface area is 113 Å². The molecule has 0 aromatic heterocycles. The maximum atomic E-state index is 11.8. The molecule has 1 heterocycles. The van der Waals surface area contributed by atoms with Crippen molar-refractivity contribution in [2.45, 2.75) is 38.3 Å². The minimum Gasteiger partial charge on any atom is -0.351 e. The summed E-state index contributed by atoms with van der Waals surface area (Å²) in [6, 6.07) is -0.492. The van der Waals surface area contributed by atoms with E-state index in [-0.39, 0.29) is 17.9 Å². The van der Waals surface area contributed by atoms with E-state index in [9.17, 15) is 9.59 Å². The molecule has 0 aromatic carbocycles. The van der Waals surface area contributed by atoms with Gasteiger partial charge in [-0.3, -0.25) is 9.59 Å². The predicted molar refractivity (Wildman–Crippen MR) is 74.4 cm³/mol. The Morgan fingerprint density at radius 2 is 2.33 bits per heavy atom. The van der Waals surface area contributed by atoms with Gasteiger partial charge in [0.1, 0.15) is 0 Å². The first-order chi connectivity index (χ1) is 8.54. The van der Waals surface area contributed by atoms with E-state index in [1.807, 2.05) is 13.2 Å². The largest absolute Gasteiger partial charge is 0.351 e. The van der Waals surface area contributed by atoms with Crippen molar-refractivity contribution in [3.05, 3.63) is 0 Å². The Balaban J connectivity index is 2.28. The van der Waals surface area contributed by atoms with E-state index in [0.717, 1.165) is 18.7 Å². The monoisotopic (exact) mass is 273 g/mol. The van der Waals surface area contributed by atoms with E-state index in [1.165, 1.54) is 0 Å². The number of hydrogen-bond acceptors (Lipinski definition) is 4. The molecule has 3 N–H and O–H groups in total. The molecule has 0 spiro atoms. The molecule has 1 saturated heterocycles. The Kier molecular flexibility index (Phi) is 6.49. The summed E-state index contributed by atoms with van der Waals surface area (Å²) >= 11 is 1.68. The van der Waals surface area contributed by atoms with Crippen molar-refractivity contribution in [2.75, 3.05) is 25.1 Å². The fourth-order valence-electron chi connectivity index (χ4n) is 2.00. The zero-order valence-electron chi connectivity index (χ0n) is 11.1. The molecule has 0 aliphatic carbocycles. The van der Waals surface area contributed by atoms with Gasteiger partial charge in [0.15, 0.2) is 0 Å². The van der Waals surface area contributed by atoms with Gasteiger partial charge in [0, 0.05) is 25.6 Å². The zero-order valence-corrected chi connectivity index (χ0v) is 12.0. The highest BCUT2D eigenvalue weighted by molar-refractivity contribution is 7.98. The first-order valence-electron chi connectivity index (χ1n) is 6.37. The molecule has 0 radical (unpaired) electrons. The molecule has 1 aliphatic rings. The van der Waals surface area contributed by atoms with Gasteiger partial charge in [-0.15, -0.1) is 0 Å². The van der Waals surface area contributed by atoms with Gasteiger partial charge in [-0.05, 0) is 31.8 Å². The van der Waals surface area contributed by atoms with Gasteiger partial charge in [-0.25, -0.2) is 0 Å². The highest BCUT2D eigenvalue weighted by Crippen LogP contribution is 2.09. The van der Waals surface area contributed by atoms with Crippen LogP contribution in [-0.2, 0) is 9.59 Å². The molecular weight excluding hydrogens is 250 g/mol. The summed E-state index contributed by atoms with van der Waals surface area (Å²) in [5, 5.41) is 2.87. The van der Waals surface area contributed by atoms with Crippen LogP contribution in [0.25, 0.3) is 0 Å². The van der Waals surface area contributed by atoms with Crippen molar-refractivity contribution >= 4 is 23.6 Å². The molecule has 0 bridgehead atoms. The summed E-state index contributed by atoms with van der Waals surface area (Å²) < 4.78 is 0. The number of rotatable bonds is 7. The second-order valence-electron chi connectivity index (χ2n) is 4.74. The standard InChI is InChI=1S/C12H23N3O2S/c1-9(8-15-6-3-4-11(15)16)14-12(17)10(13)5-7-18-2/h9-10H,3-8,13H2,1-2H3,(H,14,17)/t9?,10-/m1/s1. The molecule has 0 saturated carbocycles. The van der Waals surface area contributed by atoms with Crippen molar-refractivity contribution in [3.8, 4) is 0 Å². The number of carbonyl (C=O) groups excluding carboxylic acids is 2. The van der Waals surface area contributed by atoms with E-state index in [2.05, 4.69) is 5.32 Å². The van der Waals surface area contributed by atoms with Crippen molar-refractivity contribution in [1.82, 2.24) is 10.2 Å². The average Bonchev–Trinajstić information content (AvgIpc) is 2.71. The number of amides is 2. The van der Waals surface area contributed by atoms with Gasteiger partial charge < -0.3 is 16.0 Å². The maximum Gasteiger partial charge on any atom is 0.237 e. The highest BCUT2D eigenvalue weighted by atomic mass is 32.2. The third-order valence-corrected chi connectivity index (χ3v) is 3.67. The number of carbonyl (C=O) groups is 2. The lowest BCUT2D eigenvalue weighted by Gasteiger charge is -2.23. The third kappa shape index (κ3) is 4.86. The fraction of sp³-hybridized carbons (Fsp3) is 0.833. The lowest BCUT2D eigenvalue weighted by Crippen LogP contribution is -2.48. The van der Waals surface area contributed by atoms with Gasteiger partial charge >= 0.3 is 0 Å².